The molecule has 2 aliphatic rings. The van der Waals surface area contributed by atoms with Crippen molar-refractivity contribution in [1.82, 2.24) is 9.80 Å². The van der Waals surface area contributed by atoms with Crippen LogP contribution < -0.4 is 4.74 Å². The highest BCUT2D eigenvalue weighted by Crippen LogP contribution is 2.37. The minimum atomic E-state index is -1.40. The molecule has 0 N–H and O–H groups in total. The number of halogens is 6. The van der Waals surface area contributed by atoms with E-state index in [0.717, 1.165) is 23.8 Å². The highest BCUT2D eigenvalue weighted by molar-refractivity contribution is 6.31. The molecule has 11 nitrogen and oxygen atoms in total. The number of ether oxygens (including phenoxy) is 3. The second kappa shape index (κ2) is 18.2. The largest absolute Gasteiger partial charge is 0.488 e. The van der Waals surface area contributed by atoms with Gasteiger partial charge in [-0.3, -0.25) is 4.79 Å². The van der Waals surface area contributed by atoms with Crippen LogP contribution in [-0.4, -0.2) is 79.1 Å². The summed E-state index contributed by atoms with van der Waals surface area (Å²) in [6.07, 6.45) is 3.05. The van der Waals surface area contributed by atoms with Gasteiger partial charge in [-0.25, -0.2) is 22.4 Å². The van der Waals surface area contributed by atoms with Gasteiger partial charge in [0, 0.05) is 24.7 Å². The molecule has 53 heavy (non-hydrogen) atoms. The third kappa shape index (κ3) is 10.3. The Morgan fingerprint density at radius 2 is 1.57 bits per heavy atom. The average Bonchev–Trinajstić information content (AvgIpc) is 3.99. The van der Waals surface area contributed by atoms with E-state index in [0.29, 0.717) is 42.9 Å². The van der Waals surface area contributed by atoms with Crippen LogP contribution in [0, 0.1) is 45.1 Å². The highest BCUT2D eigenvalue weighted by atomic mass is 35.5. The molecule has 17 heteroatoms. The Bertz CT molecular complexity index is 1830. The molecule has 0 radical (unpaired) electrons. The summed E-state index contributed by atoms with van der Waals surface area (Å²) in [5.41, 5.74) is 1.93. The normalized spacial score (nSPS) is 15.5. The van der Waals surface area contributed by atoms with Gasteiger partial charge in [-0.05, 0) is 66.6 Å². The molecule has 1 saturated carbocycles. The van der Waals surface area contributed by atoms with Crippen molar-refractivity contribution >= 4 is 29.2 Å². The summed E-state index contributed by atoms with van der Waals surface area (Å²) in [5.74, 6) is -7.37. The fourth-order valence-corrected chi connectivity index (χ4v) is 6.00. The van der Waals surface area contributed by atoms with Gasteiger partial charge in [-0.1, -0.05) is 41.9 Å². The molecule has 5 rings (SSSR count). The second-order valence-corrected chi connectivity index (χ2v) is 12.6. The maximum atomic E-state index is 14.9. The van der Waals surface area contributed by atoms with E-state index < -0.39 is 62.9 Å². The molecule has 1 unspecified atom stereocenters. The van der Waals surface area contributed by atoms with Gasteiger partial charge in [-0.2, -0.15) is 4.39 Å². The number of carbonyl (C=O) groups is 2. The third-order valence-corrected chi connectivity index (χ3v) is 9.04. The maximum absolute atomic E-state index is 14.9. The minimum absolute atomic E-state index is 0.0590. The quantitative estimate of drug-likeness (QED) is 0.0478. The van der Waals surface area contributed by atoms with Gasteiger partial charge in [0.05, 0.1) is 37.3 Å². The van der Waals surface area contributed by atoms with Crippen molar-refractivity contribution in [1.29, 1.82) is 0 Å². The number of hydrogen-bond acceptors (Lipinski definition) is 8. The van der Waals surface area contributed by atoms with E-state index in [4.69, 9.17) is 25.8 Å². The molecule has 1 aliphatic heterocycles. The fraction of sp³-hybridized carbons (Fsp3) is 0.389. The fourth-order valence-electron chi connectivity index (χ4n) is 5.79. The molecular formula is C36H35ClF5N3O8. The van der Waals surface area contributed by atoms with E-state index in [1.807, 2.05) is 0 Å². The van der Waals surface area contributed by atoms with Crippen LogP contribution in [0.25, 0.3) is 5.57 Å². The van der Waals surface area contributed by atoms with E-state index in [-0.39, 0.29) is 64.3 Å². The first-order valence-corrected chi connectivity index (χ1v) is 17.1. The summed E-state index contributed by atoms with van der Waals surface area (Å²) in [6, 6.07) is 10.2. The maximum Gasteiger partial charge on any atom is 0.410 e. The first-order chi connectivity index (χ1) is 25.4. The summed E-state index contributed by atoms with van der Waals surface area (Å²) in [5, 5.41) is 8.86. The summed E-state index contributed by atoms with van der Waals surface area (Å²) in [7, 11) is 0. The summed E-state index contributed by atoms with van der Waals surface area (Å²) >= 11 is 6.12. The molecule has 0 saturated heterocycles. The van der Waals surface area contributed by atoms with Gasteiger partial charge < -0.3 is 28.8 Å². The van der Waals surface area contributed by atoms with Crippen molar-refractivity contribution in [3.05, 3.63) is 116 Å². The van der Waals surface area contributed by atoms with Crippen LogP contribution in [0.1, 0.15) is 36.0 Å². The molecule has 0 aromatic heterocycles. The van der Waals surface area contributed by atoms with Crippen molar-refractivity contribution in [3.63, 3.8) is 0 Å². The lowest BCUT2D eigenvalue weighted by molar-refractivity contribution is -0.758. The molecule has 1 atom stereocenters. The number of amides is 2. The molecule has 3 aromatic carbocycles. The van der Waals surface area contributed by atoms with Crippen LogP contribution in [0.15, 0.2) is 54.6 Å². The van der Waals surface area contributed by atoms with Crippen molar-refractivity contribution in [2.75, 3.05) is 46.1 Å². The first kappa shape index (κ1) is 39.3. The number of nitrogens with zero attached hydrogens (tertiary/aromatic N) is 3. The number of benzene rings is 3. The van der Waals surface area contributed by atoms with E-state index in [2.05, 4.69) is 4.84 Å². The lowest BCUT2D eigenvalue weighted by Gasteiger charge is -2.35. The van der Waals surface area contributed by atoms with Crippen LogP contribution in [0.4, 0.5) is 26.7 Å². The van der Waals surface area contributed by atoms with Gasteiger partial charge in [0.15, 0.2) is 17.4 Å². The van der Waals surface area contributed by atoms with Crippen LogP contribution in [0.2, 0.25) is 5.02 Å². The monoisotopic (exact) mass is 767 g/mol. The molecule has 1 aliphatic carbocycles. The van der Waals surface area contributed by atoms with E-state index in [1.54, 1.807) is 30.3 Å². The molecular weight excluding hydrogens is 733 g/mol. The lowest BCUT2D eigenvalue weighted by atomic mass is 9.87. The highest BCUT2D eigenvalue weighted by Gasteiger charge is 2.40. The first-order valence-electron chi connectivity index (χ1n) is 16.7. The number of rotatable bonds is 17. The van der Waals surface area contributed by atoms with Crippen molar-refractivity contribution in [2.45, 2.75) is 38.3 Å². The average molecular weight is 768 g/mol. The van der Waals surface area contributed by atoms with Gasteiger partial charge >= 0.3 is 6.09 Å². The Balaban J connectivity index is 1.28. The van der Waals surface area contributed by atoms with Crippen molar-refractivity contribution in [3.8, 4) is 5.75 Å². The Kier molecular flexibility index (Phi) is 13.5. The van der Waals surface area contributed by atoms with Crippen LogP contribution in [0.3, 0.4) is 0 Å². The lowest BCUT2D eigenvalue weighted by Crippen LogP contribution is -2.47. The second-order valence-electron chi connectivity index (χ2n) is 12.2. The van der Waals surface area contributed by atoms with Crippen molar-refractivity contribution in [2.24, 2.45) is 5.92 Å². The molecule has 1 heterocycles. The predicted octanol–water partition coefficient (Wildman–Crippen LogP) is 6.92. The minimum Gasteiger partial charge on any atom is -0.488 e. The zero-order valence-corrected chi connectivity index (χ0v) is 29.0. The Morgan fingerprint density at radius 1 is 0.887 bits per heavy atom. The topological polar surface area (TPSA) is 121 Å². The summed E-state index contributed by atoms with van der Waals surface area (Å²) in [6.45, 7) is -1.01. The standard InChI is InChI=1S/C36H35ClF5N3O8/c37-32-27(28(38)9-10-29(32)39)21-44(24-7-8-24)35(46)26-20-43(36(47)52-18-16-50-17-19-53-45(48)49)14-13-25(26)23-5-3-22(4-6-23)2-1-15-51-34-31(41)12-11-30(40)33(34)42/h3-6,9-13,24,26H,1-2,7-8,14-21H2. The molecule has 284 valence electrons. The molecule has 1 fully saturated rings. The van der Waals surface area contributed by atoms with E-state index in [9.17, 15) is 41.7 Å². The van der Waals surface area contributed by atoms with Crippen LogP contribution >= 0.6 is 11.6 Å². The Morgan fingerprint density at radius 3 is 2.28 bits per heavy atom. The van der Waals surface area contributed by atoms with Crippen molar-refractivity contribution < 1.29 is 55.7 Å². The molecule has 3 aromatic rings. The van der Waals surface area contributed by atoms with E-state index in [1.165, 1.54) is 9.80 Å². The van der Waals surface area contributed by atoms with Crippen LogP contribution in [0.5, 0.6) is 5.75 Å². The zero-order valence-electron chi connectivity index (χ0n) is 28.2. The molecule has 2 amide bonds. The summed E-state index contributed by atoms with van der Waals surface area (Å²) in [4.78, 5) is 44.6. The molecule has 0 bridgehead atoms. The van der Waals surface area contributed by atoms with Gasteiger partial charge in [0.2, 0.25) is 11.7 Å². The van der Waals surface area contributed by atoms with Crippen LogP contribution in [-0.2, 0) is 32.1 Å². The summed E-state index contributed by atoms with van der Waals surface area (Å²) < 4.78 is 86.1. The van der Waals surface area contributed by atoms with Gasteiger partial charge in [0.1, 0.15) is 24.8 Å². The molecule has 0 spiro atoms. The van der Waals surface area contributed by atoms with Gasteiger partial charge in [-0.15, -0.1) is 10.1 Å². The number of hydrogen-bond donors (Lipinski definition) is 0. The van der Waals surface area contributed by atoms with Gasteiger partial charge in [0.25, 0.3) is 5.09 Å². The zero-order chi connectivity index (χ0) is 38.1. The third-order valence-electron chi connectivity index (χ3n) is 8.63. The Hall–Kier alpha value is -4.96. The predicted molar refractivity (Wildman–Crippen MR) is 180 cm³/mol. The number of carbonyl (C=O) groups excluding carboxylic acids is 2. The smallest absolute Gasteiger partial charge is 0.410 e. The SMILES string of the molecule is O=C(OCCOCCO[N+](=O)[O-])N1CC=C(c2ccc(CCCOc3c(F)ccc(F)c3F)cc2)C(C(=O)N(Cc2c(F)ccc(F)c2Cl)C2CC2)C1. The number of aryl methyl sites for hydroxylation is 1. The Labute approximate surface area is 305 Å². The van der Waals surface area contributed by atoms with E-state index >= 15 is 0 Å².